The second kappa shape index (κ2) is 6.44. The van der Waals surface area contributed by atoms with Gasteiger partial charge in [-0.3, -0.25) is 4.79 Å². The molecule has 2 saturated carbocycles. The monoisotopic (exact) mass is 352 g/mol. The van der Waals surface area contributed by atoms with Gasteiger partial charge in [-0.15, -0.1) is 11.3 Å². The molecule has 1 heterocycles. The molecule has 1 aromatic rings. The highest BCUT2D eigenvalue weighted by molar-refractivity contribution is 7.11. The molecule has 6 nitrogen and oxygen atoms in total. The molecule has 0 aliphatic heterocycles. The lowest BCUT2D eigenvalue weighted by Gasteiger charge is -2.24. The Hall–Kier alpha value is -1.47. The van der Waals surface area contributed by atoms with Crippen LogP contribution in [0.2, 0.25) is 0 Å². The van der Waals surface area contributed by atoms with Crippen molar-refractivity contribution in [2.24, 2.45) is 5.92 Å². The van der Waals surface area contributed by atoms with Crippen molar-refractivity contribution < 1.29 is 19.1 Å². The molecule has 2 aliphatic rings. The molecule has 0 saturated heterocycles. The van der Waals surface area contributed by atoms with Crippen LogP contribution < -0.4 is 5.32 Å². The third-order valence-electron chi connectivity index (χ3n) is 4.20. The molecule has 1 N–H and O–H groups in total. The van der Waals surface area contributed by atoms with Crippen LogP contribution in [0.4, 0.5) is 0 Å². The fraction of sp³-hybridized carbons (Fsp3) is 0.706. The number of aromatic nitrogens is 1. The average molecular weight is 352 g/mol. The Morgan fingerprint density at radius 2 is 2.08 bits per heavy atom. The van der Waals surface area contributed by atoms with Gasteiger partial charge in [0.15, 0.2) is 0 Å². The number of rotatable bonds is 6. The smallest absolute Gasteiger partial charge is 0.367 e. The normalized spacial score (nSPS) is 24.3. The molecular weight excluding hydrogens is 328 g/mol. The second-order valence-electron chi connectivity index (χ2n) is 7.53. The lowest BCUT2D eigenvalue weighted by atomic mass is 10.1. The van der Waals surface area contributed by atoms with E-state index in [1.54, 1.807) is 0 Å². The zero-order valence-electron chi connectivity index (χ0n) is 14.5. The second-order valence-corrected chi connectivity index (χ2v) is 8.39. The molecule has 0 spiro atoms. The molecule has 3 atom stereocenters. The van der Waals surface area contributed by atoms with Crippen LogP contribution in [-0.2, 0) is 14.3 Å². The number of hydrogen-bond donors (Lipinski definition) is 1. The molecule has 24 heavy (non-hydrogen) atoms. The lowest BCUT2D eigenvalue weighted by Crippen LogP contribution is -2.44. The number of thiazole rings is 1. The van der Waals surface area contributed by atoms with E-state index in [1.807, 2.05) is 26.2 Å². The lowest BCUT2D eigenvalue weighted by molar-refractivity contribution is -0.158. The first-order valence-corrected chi connectivity index (χ1v) is 9.19. The summed E-state index contributed by atoms with van der Waals surface area (Å²) in [4.78, 5) is 28.3. The largest absolute Gasteiger partial charge is 0.464 e. The van der Waals surface area contributed by atoms with Crippen molar-refractivity contribution in [1.29, 1.82) is 0 Å². The summed E-state index contributed by atoms with van der Waals surface area (Å²) in [6.45, 7) is 5.66. The predicted molar refractivity (Wildman–Crippen MR) is 90.1 cm³/mol. The highest BCUT2D eigenvalue weighted by Gasteiger charge is 2.47. The number of carbonyl (C=O) groups excluding carboxylic acids is 2. The van der Waals surface area contributed by atoms with E-state index in [0.29, 0.717) is 10.9 Å². The van der Waals surface area contributed by atoms with Crippen LogP contribution >= 0.6 is 11.3 Å². The highest BCUT2D eigenvalue weighted by Crippen LogP contribution is 2.43. The van der Waals surface area contributed by atoms with E-state index in [2.05, 4.69) is 10.3 Å². The maximum atomic E-state index is 12.4. The number of nitrogens with zero attached hydrogens (tertiary/aromatic N) is 1. The van der Waals surface area contributed by atoms with Crippen molar-refractivity contribution in [2.45, 2.75) is 63.6 Å². The number of esters is 2. The van der Waals surface area contributed by atoms with Crippen LogP contribution in [0.5, 0.6) is 0 Å². The van der Waals surface area contributed by atoms with Crippen molar-refractivity contribution in [3.05, 3.63) is 16.1 Å². The fourth-order valence-electron chi connectivity index (χ4n) is 2.77. The number of hydrogen-bond acceptors (Lipinski definition) is 7. The van der Waals surface area contributed by atoms with Gasteiger partial charge >= 0.3 is 11.9 Å². The predicted octanol–water partition coefficient (Wildman–Crippen LogP) is 2.50. The minimum Gasteiger partial charge on any atom is -0.464 e. The van der Waals surface area contributed by atoms with Crippen LogP contribution in [0.15, 0.2) is 5.38 Å². The zero-order chi connectivity index (χ0) is 17.5. The van der Waals surface area contributed by atoms with E-state index >= 15 is 0 Å². The Balaban J connectivity index is 1.59. The average Bonchev–Trinajstić information content (AvgIpc) is 3.41. The van der Waals surface area contributed by atoms with Crippen LogP contribution in [0.1, 0.15) is 61.4 Å². The maximum Gasteiger partial charge on any atom is 0.367 e. The highest BCUT2D eigenvalue weighted by atomic mass is 32.1. The van der Waals surface area contributed by atoms with E-state index in [-0.39, 0.29) is 24.0 Å². The van der Waals surface area contributed by atoms with Crippen LogP contribution in [-0.4, -0.2) is 41.7 Å². The third kappa shape index (κ3) is 4.13. The molecule has 132 valence electrons. The minimum absolute atomic E-state index is 0.163. The van der Waals surface area contributed by atoms with E-state index in [9.17, 15) is 9.59 Å². The van der Waals surface area contributed by atoms with Crippen molar-refractivity contribution in [1.82, 2.24) is 10.3 Å². The van der Waals surface area contributed by atoms with Gasteiger partial charge < -0.3 is 14.8 Å². The molecular formula is C17H24N2O4S. The molecule has 1 aromatic heterocycles. The van der Waals surface area contributed by atoms with Gasteiger partial charge in [-0.25, -0.2) is 9.78 Å². The summed E-state index contributed by atoms with van der Waals surface area (Å²) in [5, 5.41) is 5.73. The Labute approximate surface area is 145 Å². The summed E-state index contributed by atoms with van der Waals surface area (Å²) >= 11 is 1.30. The molecule has 3 rings (SSSR count). The quantitative estimate of drug-likeness (QED) is 0.793. The zero-order valence-corrected chi connectivity index (χ0v) is 15.3. The molecule has 0 radical (unpaired) electrons. The van der Waals surface area contributed by atoms with Crippen molar-refractivity contribution in [3.63, 3.8) is 0 Å². The number of nitrogens with one attached hydrogen (secondary N) is 1. The van der Waals surface area contributed by atoms with E-state index in [1.165, 1.54) is 18.4 Å². The summed E-state index contributed by atoms with van der Waals surface area (Å²) in [5.41, 5.74) is 0.427. The molecule has 2 aliphatic carbocycles. The molecule has 7 heteroatoms. The standard InChI is InChI=1S/C17H24N2O4S/c1-17(2,3)23-15(20)13(9-5-6-9)18-11-7-10(11)12-8-24-14(19-12)16(21)22-4/h8-11,13,18H,5-7H2,1-4H3/t10-,11-,13?/m1/s1. The molecule has 0 bridgehead atoms. The van der Waals surface area contributed by atoms with Crippen molar-refractivity contribution in [2.75, 3.05) is 7.11 Å². The summed E-state index contributed by atoms with van der Waals surface area (Å²) < 4.78 is 10.2. The van der Waals surface area contributed by atoms with Crippen LogP contribution in [0.3, 0.4) is 0 Å². The molecule has 1 unspecified atom stereocenters. The van der Waals surface area contributed by atoms with E-state index in [0.717, 1.165) is 25.0 Å². The van der Waals surface area contributed by atoms with Crippen LogP contribution in [0.25, 0.3) is 0 Å². The van der Waals surface area contributed by atoms with Gasteiger partial charge in [0.05, 0.1) is 12.8 Å². The first-order chi connectivity index (χ1) is 11.3. The van der Waals surface area contributed by atoms with Gasteiger partial charge in [-0.05, 0) is 46.0 Å². The maximum absolute atomic E-state index is 12.4. The van der Waals surface area contributed by atoms with Gasteiger partial charge in [-0.2, -0.15) is 0 Å². The third-order valence-corrected chi connectivity index (χ3v) is 5.04. The first-order valence-electron chi connectivity index (χ1n) is 8.31. The molecule has 2 fully saturated rings. The topological polar surface area (TPSA) is 77.5 Å². The number of ether oxygens (including phenoxy) is 2. The number of methoxy groups -OCH3 is 1. The number of carbonyl (C=O) groups is 2. The van der Waals surface area contributed by atoms with E-state index in [4.69, 9.17) is 9.47 Å². The van der Waals surface area contributed by atoms with Gasteiger partial charge in [0.2, 0.25) is 5.01 Å². The summed E-state index contributed by atoms with van der Waals surface area (Å²) in [6, 6.07) is -0.0198. The van der Waals surface area contributed by atoms with Crippen molar-refractivity contribution >= 4 is 23.3 Å². The Kier molecular flexibility index (Phi) is 4.66. The summed E-state index contributed by atoms with van der Waals surface area (Å²) in [5.74, 6) is 0.0655. The van der Waals surface area contributed by atoms with Gasteiger partial charge in [-0.1, -0.05) is 0 Å². The summed E-state index contributed by atoms with van der Waals surface area (Å²) in [6.07, 6.45) is 3.06. The molecule has 0 amide bonds. The van der Waals surface area contributed by atoms with Gasteiger partial charge in [0.1, 0.15) is 11.6 Å². The van der Waals surface area contributed by atoms with Gasteiger partial charge in [0.25, 0.3) is 0 Å². The molecule has 0 aromatic carbocycles. The Bertz CT molecular complexity index is 633. The van der Waals surface area contributed by atoms with Gasteiger partial charge in [0, 0.05) is 17.3 Å². The van der Waals surface area contributed by atoms with E-state index < -0.39 is 11.6 Å². The fourth-order valence-corrected chi connectivity index (χ4v) is 3.56. The van der Waals surface area contributed by atoms with Crippen LogP contribution in [0, 0.1) is 5.92 Å². The Morgan fingerprint density at radius 3 is 2.67 bits per heavy atom. The minimum atomic E-state index is -0.473. The first kappa shape index (κ1) is 17.4. The Morgan fingerprint density at radius 1 is 1.38 bits per heavy atom. The van der Waals surface area contributed by atoms with Crippen molar-refractivity contribution in [3.8, 4) is 0 Å². The summed E-state index contributed by atoms with van der Waals surface area (Å²) in [7, 11) is 1.35. The SMILES string of the molecule is COC(=O)c1nc([C@@H]2C[C@H]2NC(C(=O)OC(C)(C)C)C2CC2)cs1.